The standard InChI is InChI=1S/C21H23ClN2O4S2/c1-4-6-17(5-2)30(27,28)24-14-19(21(22)25)18-13-16(7-8-20(18)24)29(26)23-11-9-15(3)10-12-23/h4-8,13-15H,1-2,9-12H2,3H3/b17-6+. The fraction of sp³-hybridized carbons (Fsp3) is 0.286. The van der Waals surface area contributed by atoms with Crippen LogP contribution < -0.4 is 0 Å². The van der Waals surface area contributed by atoms with E-state index < -0.39 is 26.3 Å². The van der Waals surface area contributed by atoms with Crippen LogP contribution in [0.1, 0.15) is 30.1 Å². The molecule has 2 aromatic rings. The zero-order valence-electron chi connectivity index (χ0n) is 16.6. The van der Waals surface area contributed by atoms with Gasteiger partial charge < -0.3 is 0 Å². The molecule has 0 aliphatic carbocycles. The number of fused-ring (bicyclic) bond motifs is 1. The van der Waals surface area contributed by atoms with Gasteiger partial charge in [0.25, 0.3) is 15.3 Å². The van der Waals surface area contributed by atoms with Crippen molar-refractivity contribution < 1.29 is 17.4 Å². The highest BCUT2D eigenvalue weighted by atomic mass is 35.5. The second kappa shape index (κ2) is 9.01. The molecule has 9 heteroatoms. The van der Waals surface area contributed by atoms with Crippen molar-refractivity contribution in [1.29, 1.82) is 0 Å². The third-order valence-corrected chi connectivity index (χ3v) is 8.59. The molecule has 0 bridgehead atoms. The number of carbonyl (C=O) groups is 1. The third-order valence-electron chi connectivity index (χ3n) is 5.17. The van der Waals surface area contributed by atoms with E-state index in [4.69, 9.17) is 11.6 Å². The Kier molecular flexibility index (Phi) is 6.81. The smallest absolute Gasteiger partial charge is 0.268 e. The Bertz CT molecular complexity index is 1170. The first kappa shape index (κ1) is 22.7. The molecule has 0 N–H and O–H groups in total. The summed E-state index contributed by atoms with van der Waals surface area (Å²) in [6.45, 7) is 10.7. The molecule has 1 aliphatic rings. The normalized spacial score (nSPS) is 17.7. The zero-order valence-corrected chi connectivity index (χ0v) is 19.0. The van der Waals surface area contributed by atoms with Crippen LogP contribution in [-0.2, 0) is 21.0 Å². The van der Waals surface area contributed by atoms with E-state index in [1.807, 2.05) is 4.31 Å². The van der Waals surface area contributed by atoms with E-state index in [-0.39, 0.29) is 16.0 Å². The van der Waals surface area contributed by atoms with E-state index >= 15 is 0 Å². The Morgan fingerprint density at radius 2 is 1.93 bits per heavy atom. The number of aromatic nitrogens is 1. The first-order chi connectivity index (χ1) is 14.2. The summed E-state index contributed by atoms with van der Waals surface area (Å²) in [6, 6.07) is 4.75. The first-order valence-electron chi connectivity index (χ1n) is 9.43. The highest BCUT2D eigenvalue weighted by Crippen LogP contribution is 2.30. The molecule has 1 saturated heterocycles. The van der Waals surface area contributed by atoms with Gasteiger partial charge in [0.05, 0.1) is 20.9 Å². The van der Waals surface area contributed by atoms with Crippen molar-refractivity contribution in [2.45, 2.75) is 24.7 Å². The van der Waals surface area contributed by atoms with Crippen LogP contribution in [0.2, 0.25) is 0 Å². The number of rotatable bonds is 7. The summed E-state index contributed by atoms with van der Waals surface area (Å²) in [5.74, 6) is 0.600. The van der Waals surface area contributed by atoms with Gasteiger partial charge >= 0.3 is 0 Å². The molecule has 0 amide bonds. The number of hydrogen-bond acceptors (Lipinski definition) is 4. The third kappa shape index (κ3) is 4.23. The van der Waals surface area contributed by atoms with Crippen LogP contribution in [0.5, 0.6) is 0 Å². The van der Waals surface area contributed by atoms with Gasteiger partial charge in [-0.3, -0.25) is 4.79 Å². The SMILES string of the molecule is C=C/C=C(\C=C)S(=O)(=O)n1cc(C(=O)Cl)c2cc(S(=O)N3CCC(C)CC3)ccc21. The second-order valence-corrected chi connectivity index (χ2v) is 10.8. The number of allylic oxidation sites excluding steroid dienone is 3. The van der Waals surface area contributed by atoms with Crippen LogP contribution in [0.15, 0.2) is 65.6 Å². The Hall–Kier alpha value is -2.00. The molecule has 0 spiro atoms. The predicted octanol–water partition coefficient (Wildman–Crippen LogP) is 4.21. The molecule has 1 aliphatic heterocycles. The van der Waals surface area contributed by atoms with Gasteiger partial charge in [-0.1, -0.05) is 26.2 Å². The molecule has 1 fully saturated rings. The Balaban J connectivity index is 2.12. The number of nitrogens with zero attached hydrogens (tertiary/aromatic N) is 2. The lowest BCUT2D eigenvalue weighted by Gasteiger charge is -2.28. The molecule has 160 valence electrons. The topological polar surface area (TPSA) is 76.5 Å². The average Bonchev–Trinajstić information content (AvgIpc) is 3.11. The minimum absolute atomic E-state index is 0.0309. The lowest BCUT2D eigenvalue weighted by atomic mass is 10.0. The summed E-state index contributed by atoms with van der Waals surface area (Å²) in [7, 11) is -5.43. The maximum atomic E-state index is 13.1. The summed E-state index contributed by atoms with van der Waals surface area (Å²) < 4.78 is 42.0. The lowest BCUT2D eigenvalue weighted by Crippen LogP contribution is -2.34. The summed E-state index contributed by atoms with van der Waals surface area (Å²) >= 11 is 5.73. The second-order valence-electron chi connectivity index (χ2n) is 7.17. The molecule has 2 heterocycles. The number of carbonyl (C=O) groups excluding carboxylic acids is 1. The first-order valence-corrected chi connectivity index (χ1v) is 12.4. The van der Waals surface area contributed by atoms with Gasteiger partial charge in [-0.2, -0.15) is 0 Å². The molecular formula is C21H23ClN2O4S2. The summed E-state index contributed by atoms with van der Waals surface area (Å²) in [5.41, 5.74) is 0.298. The quantitative estimate of drug-likeness (QED) is 0.452. The number of piperidine rings is 1. The Labute approximate surface area is 184 Å². The number of benzene rings is 1. The van der Waals surface area contributed by atoms with Gasteiger partial charge in [0.1, 0.15) is 11.0 Å². The van der Waals surface area contributed by atoms with Crippen molar-refractivity contribution in [2.75, 3.05) is 13.1 Å². The largest absolute Gasteiger partial charge is 0.276 e. The van der Waals surface area contributed by atoms with Crippen LogP contribution in [-0.4, -0.2) is 39.2 Å². The molecule has 0 radical (unpaired) electrons. The molecule has 0 saturated carbocycles. The van der Waals surface area contributed by atoms with E-state index in [2.05, 4.69) is 20.1 Å². The van der Waals surface area contributed by atoms with Crippen molar-refractivity contribution in [3.63, 3.8) is 0 Å². The van der Waals surface area contributed by atoms with Gasteiger partial charge in [-0.15, -0.1) is 0 Å². The molecule has 1 aromatic carbocycles. The van der Waals surface area contributed by atoms with E-state index in [9.17, 15) is 17.4 Å². The highest BCUT2D eigenvalue weighted by Gasteiger charge is 2.26. The monoisotopic (exact) mass is 466 g/mol. The maximum absolute atomic E-state index is 13.1. The minimum Gasteiger partial charge on any atom is -0.276 e. The molecule has 6 nitrogen and oxygen atoms in total. The van der Waals surface area contributed by atoms with Crippen LogP contribution in [0.25, 0.3) is 10.9 Å². The fourth-order valence-electron chi connectivity index (χ4n) is 3.43. The average molecular weight is 467 g/mol. The highest BCUT2D eigenvalue weighted by molar-refractivity contribution is 7.94. The van der Waals surface area contributed by atoms with Crippen molar-refractivity contribution in [3.05, 3.63) is 66.3 Å². The van der Waals surface area contributed by atoms with Gasteiger partial charge in [0.15, 0.2) is 0 Å². The van der Waals surface area contributed by atoms with Crippen molar-refractivity contribution in [2.24, 2.45) is 5.92 Å². The van der Waals surface area contributed by atoms with Gasteiger partial charge in [-0.25, -0.2) is 20.9 Å². The van der Waals surface area contributed by atoms with E-state index in [0.717, 1.165) is 29.9 Å². The Morgan fingerprint density at radius 1 is 1.27 bits per heavy atom. The number of halogens is 1. The van der Waals surface area contributed by atoms with E-state index in [0.29, 0.717) is 16.2 Å². The Morgan fingerprint density at radius 3 is 2.50 bits per heavy atom. The molecule has 1 unspecified atom stereocenters. The summed E-state index contributed by atoms with van der Waals surface area (Å²) in [4.78, 5) is 12.4. The van der Waals surface area contributed by atoms with Gasteiger partial charge in [-0.05, 0) is 60.7 Å². The maximum Gasteiger partial charge on any atom is 0.268 e. The molecule has 3 rings (SSSR count). The minimum atomic E-state index is -4.02. The lowest BCUT2D eigenvalue weighted by molar-refractivity contribution is 0.108. The van der Waals surface area contributed by atoms with Crippen molar-refractivity contribution >= 4 is 48.8 Å². The molecular weight excluding hydrogens is 444 g/mol. The van der Waals surface area contributed by atoms with Crippen LogP contribution in [0.3, 0.4) is 0 Å². The molecule has 30 heavy (non-hydrogen) atoms. The fourth-order valence-corrected chi connectivity index (χ4v) is 6.19. The van der Waals surface area contributed by atoms with E-state index in [1.54, 1.807) is 18.2 Å². The molecule has 1 atom stereocenters. The van der Waals surface area contributed by atoms with Crippen LogP contribution in [0, 0.1) is 5.92 Å². The van der Waals surface area contributed by atoms with Crippen molar-refractivity contribution in [1.82, 2.24) is 8.28 Å². The van der Waals surface area contributed by atoms with Crippen LogP contribution >= 0.6 is 11.6 Å². The van der Waals surface area contributed by atoms with E-state index in [1.165, 1.54) is 24.4 Å². The van der Waals surface area contributed by atoms with Crippen LogP contribution in [0.4, 0.5) is 0 Å². The summed E-state index contributed by atoms with van der Waals surface area (Å²) in [5, 5.41) is -0.464. The molecule has 1 aromatic heterocycles. The summed E-state index contributed by atoms with van der Waals surface area (Å²) in [6.07, 6.45) is 6.98. The van der Waals surface area contributed by atoms with Gasteiger partial charge in [0.2, 0.25) is 0 Å². The van der Waals surface area contributed by atoms with Crippen molar-refractivity contribution in [3.8, 4) is 0 Å². The van der Waals surface area contributed by atoms with Gasteiger partial charge in [0, 0.05) is 24.7 Å². The number of hydrogen-bond donors (Lipinski definition) is 0. The predicted molar refractivity (Wildman–Crippen MR) is 121 cm³/mol. The zero-order chi connectivity index (χ0) is 22.1.